The highest BCUT2D eigenvalue weighted by molar-refractivity contribution is 6.25. The van der Waals surface area contributed by atoms with E-state index >= 15 is 0 Å². The van der Waals surface area contributed by atoms with Gasteiger partial charge in [-0.3, -0.25) is 4.79 Å². The van der Waals surface area contributed by atoms with Crippen molar-refractivity contribution in [3.05, 3.63) is 59.4 Å². The van der Waals surface area contributed by atoms with E-state index in [0.717, 1.165) is 30.2 Å². The first-order valence-electron chi connectivity index (χ1n) is 9.23. The molecule has 27 heavy (non-hydrogen) atoms. The molecule has 0 N–H and O–H groups in total. The summed E-state index contributed by atoms with van der Waals surface area (Å²) in [5.74, 6) is 0.646. The minimum atomic E-state index is -0.265. The summed E-state index contributed by atoms with van der Waals surface area (Å²) in [6, 6.07) is 12.8. The molecule has 3 rings (SSSR count). The van der Waals surface area contributed by atoms with Crippen molar-refractivity contribution >= 4 is 12.0 Å². The molecule has 0 aliphatic heterocycles. The number of Topliss-reactive ketones (excluding diaryl/α,β-unsaturated/α-hetero) is 1. The van der Waals surface area contributed by atoms with E-state index in [0.29, 0.717) is 17.7 Å². The van der Waals surface area contributed by atoms with Crippen LogP contribution in [0.2, 0.25) is 0 Å². The van der Waals surface area contributed by atoms with Gasteiger partial charge >= 0.3 is 6.21 Å². The molecule has 5 heteroatoms. The molecule has 4 nitrogen and oxygen atoms in total. The first-order valence-corrected chi connectivity index (χ1v) is 9.23. The third-order valence-corrected chi connectivity index (χ3v) is 4.91. The lowest BCUT2D eigenvalue weighted by Gasteiger charge is -2.36. The van der Waals surface area contributed by atoms with Gasteiger partial charge < -0.3 is 10.3 Å². The second kappa shape index (κ2) is 8.28. The molecule has 0 aromatic heterocycles. The number of ether oxygens (including phenoxy) is 1. The Morgan fingerprint density at radius 1 is 1.30 bits per heavy atom. The summed E-state index contributed by atoms with van der Waals surface area (Å²) in [5.41, 5.74) is 10.6. The number of carbonyl (C=O) groups is 1. The molecule has 1 fully saturated rings. The van der Waals surface area contributed by atoms with E-state index < -0.39 is 0 Å². The van der Waals surface area contributed by atoms with Crippen molar-refractivity contribution in [3.8, 4) is 16.9 Å². The summed E-state index contributed by atoms with van der Waals surface area (Å²) < 4.78 is 20.8. The Hall–Kier alpha value is -2.78. The number of benzene rings is 2. The second-order valence-electron chi connectivity index (χ2n) is 7.35. The van der Waals surface area contributed by atoms with Crippen LogP contribution in [-0.2, 0) is 4.79 Å². The van der Waals surface area contributed by atoms with Crippen LogP contribution in [0.4, 0.5) is 4.39 Å². The molecule has 0 radical (unpaired) electrons. The van der Waals surface area contributed by atoms with Crippen LogP contribution in [0.15, 0.2) is 42.5 Å². The van der Waals surface area contributed by atoms with Crippen molar-refractivity contribution in [2.24, 2.45) is 5.92 Å². The van der Waals surface area contributed by atoms with Crippen LogP contribution in [0, 0.1) is 11.7 Å². The van der Waals surface area contributed by atoms with Gasteiger partial charge in [-0.15, -0.1) is 0 Å². The van der Waals surface area contributed by atoms with Gasteiger partial charge in [-0.25, -0.2) is 4.39 Å². The highest BCUT2D eigenvalue weighted by Crippen LogP contribution is 2.47. The van der Waals surface area contributed by atoms with Gasteiger partial charge in [0, 0.05) is 17.5 Å². The standard InChI is InChI=1S/C22H23FN2O2/c1-14(2)27-22-12-19(16-6-4-3-5-7-16)21(23)11-20(22)17-8-15(9-17)10-18(26)13-25-24/h3-7,11-15,17H,8-10H2,1-2H3/t15-,17+. The van der Waals surface area contributed by atoms with Crippen LogP contribution in [0.1, 0.15) is 44.6 Å². The molecule has 0 unspecified atom stereocenters. The fourth-order valence-electron chi connectivity index (χ4n) is 3.64. The van der Waals surface area contributed by atoms with Crippen molar-refractivity contribution in [3.63, 3.8) is 0 Å². The monoisotopic (exact) mass is 366 g/mol. The van der Waals surface area contributed by atoms with Crippen molar-refractivity contribution in [1.82, 2.24) is 0 Å². The molecule has 140 valence electrons. The summed E-state index contributed by atoms with van der Waals surface area (Å²) in [4.78, 5) is 14.3. The Morgan fingerprint density at radius 3 is 2.63 bits per heavy atom. The lowest BCUT2D eigenvalue weighted by Crippen LogP contribution is -2.25. The number of halogens is 1. The summed E-state index contributed by atoms with van der Waals surface area (Å²) in [6.07, 6.45) is 2.87. The Labute approximate surface area is 158 Å². The summed E-state index contributed by atoms with van der Waals surface area (Å²) >= 11 is 0. The predicted octanol–water partition coefficient (Wildman–Crippen LogP) is 5.03. The van der Waals surface area contributed by atoms with Crippen molar-refractivity contribution in [1.29, 1.82) is 0 Å². The lowest BCUT2D eigenvalue weighted by atomic mass is 9.69. The number of carbonyl (C=O) groups excluding carboxylic acids is 1. The van der Waals surface area contributed by atoms with Crippen LogP contribution in [0.5, 0.6) is 5.75 Å². The normalized spacial score (nSPS) is 18.5. The van der Waals surface area contributed by atoms with Crippen LogP contribution in [-0.4, -0.2) is 22.9 Å². The molecule has 0 atom stereocenters. The highest BCUT2D eigenvalue weighted by atomic mass is 19.1. The molecular formula is C22H23FN2O2. The van der Waals surface area contributed by atoms with Crippen molar-refractivity contribution in [2.45, 2.75) is 45.1 Å². The average Bonchev–Trinajstić information content (AvgIpc) is 2.60. The topological polar surface area (TPSA) is 62.7 Å². The third-order valence-electron chi connectivity index (χ3n) is 4.91. The number of rotatable bonds is 7. The number of ketones is 1. The molecule has 1 aliphatic carbocycles. The Morgan fingerprint density at radius 2 is 2.00 bits per heavy atom. The highest BCUT2D eigenvalue weighted by Gasteiger charge is 2.34. The van der Waals surface area contributed by atoms with Gasteiger partial charge in [0.1, 0.15) is 11.6 Å². The Bertz CT molecular complexity index is 867. The maximum atomic E-state index is 14.8. The Balaban J connectivity index is 1.84. The van der Waals surface area contributed by atoms with Gasteiger partial charge in [0.05, 0.1) is 6.10 Å². The van der Waals surface area contributed by atoms with Gasteiger partial charge in [0.2, 0.25) is 5.78 Å². The van der Waals surface area contributed by atoms with Crippen LogP contribution < -0.4 is 4.74 Å². The maximum absolute atomic E-state index is 14.8. The molecule has 0 spiro atoms. The molecule has 0 amide bonds. The quantitative estimate of drug-likeness (QED) is 0.392. The minimum absolute atomic E-state index is 0.0175. The fraction of sp³-hybridized carbons (Fsp3) is 0.364. The fourth-order valence-corrected chi connectivity index (χ4v) is 3.64. The zero-order chi connectivity index (χ0) is 19.4. The molecular weight excluding hydrogens is 343 g/mol. The molecule has 0 bridgehead atoms. The van der Waals surface area contributed by atoms with E-state index in [9.17, 15) is 9.18 Å². The van der Waals surface area contributed by atoms with Crippen molar-refractivity contribution < 1.29 is 18.7 Å². The molecule has 0 heterocycles. The van der Waals surface area contributed by atoms with E-state index in [4.69, 9.17) is 10.3 Å². The van der Waals surface area contributed by atoms with Gasteiger partial charge in [0.15, 0.2) is 0 Å². The zero-order valence-corrected chi connectivity index (χ0v) is 15.6. The summed E-state index contributed by atoms with van der Waals surface area (Å²) in [5, 5.41) is 0. The van der Waals surface area contributed by atoms with Crippen molar-refractivity contribution in [2.75, 3.05) is 0 Å². The number of hydrogen-bond acceptors (Lipinski definition) is 2. The van der Waals surface area contributed by atoms with E-state index in [-0.39, 0.29) is 29.5 Å². The van der Waals surface area contributed by atoms with E-state index in [1.54, 1.807) is 12.1 Å². The first kappa shape index (κ1) is 19.0. The summed E-state index contributed by atoms with van der Waals surface area (Å²) in [7, 11) is 0. The number of hydrogen-bond donors (Lipinski definition) is 0. The average molecular weight is 366 g/mol. The van der Waals surface area contributed by atoms with Gasteiger partial charge in [-0.05, 0) is 56.2 Å². The van der Waals surface area contributed by atoms with Gasteiger partial charge in [-0.2, -0.15) is 4.79 Å². The van der Waals surface area contributed by atoms with Crippen LogP contribution >= 0.6 is 0 Å². The summed E-state index contributed by atoms with van der Waals surface area (Å²) in [6.45, 7) is 3.90. The first-order chi connectivity index (χ1) is 13.0. The minimum Gasteiger partial charge on any atom is -0.491 e. The SMILES string of the molecule is CC(C)Oc1cc(-c2ccccc2)c(F)cc1[C@H]1C[C@@H](CC(=O)C=[N+]=[N-])C1. The molecule has 0 saturated heterocycles. The lowest BCUT2D eigenvalue weighted by molar-refractivity contribution is -0.117. The largest absolute Gasteiger partial charge is 0.491 e. The van der Waals surface area contributed by atoms with E-state index in [1.165, 1.54) is 0 Å². The van der Waals surface area contributed by atoms with E-state index in [2.05, 4.69) is 4.79 Å². The maximum Gasteiger partial charge on any atom is 0.323 e. The smallest absolute Gasteiger partial charge is 0.323 e. The van der Waals surface area contributed by atoms with Gasteiger partial charge in [0.25, 0.3) is 0 Å². The second-order valence-corrected chi connectivity index (χ2v) is 7.35. The molecule has 2 aromatic carbocycles. The van der Waals surface area contributed by atoms with Gasteiger partial charge in [-0.1, -0.05) is 30.3 Å². The zero-order valence-electron chi connectivity index (χ0n) is 15.6. The predicted molar refractivity (Wildman–Crippen MR) is 102 cm³/mol. The Kier molecular flexibility index (Phi) is 5.82. The van der Waals surface area contributed by atoms with E-state index in [1.807, 2.05) is 44.2 Å². The van der Waals surface area contributed by atoms with Crippen LogP contribution in [0.3, 0.4) is 0 Å². The number of nitrogens with zero attached hydrogens (tertiary/aromatic N) is 2. The third kappa shape index (κ3) is 4.50. The van der Waals surface area contributed by atoms with Crippen LogP contribution in [0.25, 0.3) is 16.7 Å². The molecule has 2 aromatic rings. The molecule has 1 aliphatic rings. The molecule has 1 saturated carbocycles.